The number of carbonyl (C=O) groups is 1. The molecule has 1 fully saturated rings. The first-order valence-corrected chi connectivity index (χ1v) is 7.84. The average molecular weight is 290 g/mol. The third kappa shape index (κ3) is 3.76. The van der Waals surface area contributed by atoms with Crippen LogP contribution in [0.15, 0.2) is 24.3 Å². The summed E-state index contributed by atoms with van der Waals surface area (Å²) in [6, 6.07) is 7.49. The fraction of sp³-hybridized carbons (Fsp3) is 0.588. The molecule has 4 heteroatoms. The van der Waals surface area contributed by atoms with Crippen molar-refractivity contribution in [3.63, 3.8) is 0 Å². The van der Waals surface area contributed by atoms with Gasteiger partial charge in [0.2, 0.25) is 5.91 Å². The van der Waals surface area contributed by atoms with Gasteiger partial charge >= 0.3 is 0 Å². The second kappa shape index (κ2) is 6.94. The smallest absolute Gasteiger partial charge is 0.231 e. The third-order valence-corrected chi connectivity index (χ3v) is 4.53. The molecule has 3 N–H and O–H groups in total. The molecule has 1 aromatic rings. The Labute approximate surface area is 127 Å². The summed E-state index contributed by atoms with van der Waals surface area (Å²) in [7, 11) is 0. The van der Waals surface area contributed by atoms with Gasteiger partial charge < -0.3 is 15.8 Å². The number of rotatable bonds is 5. The number of carbonyl (C=O) groups excluding carboxylic acids is 1. The molecule has 116 valence electrons. The van der Waals surface area contributed by atoms with E-state index in [2.05, 4.69) is 12.2 Å². The van der Waals surface area contributed by atoms with Crippen LogP contribution in [0.5, 0.6) is 5.75 Å². The number of nitrogens with one attached hydrogen (secondary N) is 1. The molecule has 0 radical (unpaired) electrons. The molecule has 0 unspecified atom stereocenters. The first-order valence-electron chi connectivity index (χ1n) is 7.84. The van der Waals surface area contributed by atoms with E-state index in [1.165, 1.54) is 0 Å². The maximum Gasteiger partial charge on any atom is 0.231 e. The molecule has 0 spiro atoms. The minimum absolute atomic E-state index is 0.0565. The van der Waals surface area contributed by atoms with Gasteiger partial charge in [0.05, 0.1) is 12.0 Å². The summed E-state index contributed by atoms with van der Waals surface area (Å²) in [4.78, 5) is 12.6. The first-order chi connectivity index (χ1) is 10.1. The summed E-state index contributed by atoms with van der Waals surface area (Å²) in [6.07, 6.45) is 3.92. The van der Waals surface area contributed by atoms with Crippen molar-refractivity contribution in [2.45, 2.75) is 39.5 Å². The zero-order valence-corrected chi connectivity index (χ0v) is 13.0. The normalized spacial score (nSPS) is 25.4. The molecule has 0 saturated heterocycles. The van der Waals surface area contributed by atoms with Crippen LogP contribution >= 0.6 is 0 Å². The van der Waals surface area contributed by atoms with Gasteiger partial charge in [-0.3, -0.25) is 4.79 Å². The standard InChI is InChI=1S/C17H26N2O2/c1-3-21-15-6-4-14(5-7-15)19-16(20)17(12-18)10-8-13(2)9-11-17/h4-7,13H,3,8-12,18H2,1-2H3,(H,19,20). The van der Waals surface area contributed by atoms with Crippen molar-refractivity contribution in [2.24, 2.45) is 17.1 Å². The van der Waals surface area contributed by atoms with Crippen molar-refractivity contribution < 1.29 is 9.53 Å². The highest BCUT2D eigenvalue weighted by Crippen LogP contribution is 2.39. The molecule has 0 heterocycles. The van der Waals surface area contributed by atoms with Crippen LogP contribution in [0, 0.1) is 11.3 Å². The molecule has 0 aromatic heterocycles. The van der Waals surface area contributed by atoms with E-state index in [0.29, 0.717) is 19.1 Å². The second-order valence-electron chi connectivity index (χ2n) is 6.08. The molecule has 1 saturated carbocycles. The monoisotopic (exact) mass is 290 g/mol. The minimum Gasteiger partial charge on any atom is -0.494 e. The van der Waals surface area contributed by atoms with E-state index in [9.17, 15) is 4.79 Å². The SMILES string of the molecule is CCOc1ccc(NC(=O)C2(CN)CCC(C)CC2)cc1. The molecule has 21 heavy (non-hydrogen) atoms. The van der Waals surface area contributed by atoms with E-state index >= 15 is 0 Å². The second-order valence-corrected chi connectivity index (χ2v) is 6.08. The van der Waals surface area contributed by atoms with Crippen LogP contribution < -0.4 is 15.8 Å². The minimum atomic E-state index is -0.398. The molecular weight excluding hydrogens is 264 g/mol. The Balaban J connectivity index is 2.02. The number of nitrogens with two attached hydrogens (primary N) is 1. The maximum absolute atomic E-state index is 12.6. The Morgan fingerprint density at radius 3 is 2.48 bits per heavy atom. The fourth-order valence-electron chi connectivity index (χ4n) is 2.90. The summed E-state index contributed by atoms with van der Waals surface area (Å²) < 4.78 is 5.40. The molecular formula is C17H26N2O2. The van der Waals surface area contributed by atoms with Crippen LogP contribution in [0.2, 0.25) is 0 Å². The van der Waals surface area contributed by atoms with Gasteiger partial charge in [0, 0.05) is 12.2 Å². The third-order valence-electron chi connectivity index (χ3n) is 4.53. The maximum atomic E-state index is 12.6. The van der Waals surface area contributed by atoms with E-state index < -0.39 is 5.41 Å². The van der Waals surface area contributed by atoms with E-state index in [1.54, 1.807) is 0 Å². The van der Waals surface area contributed by atoms with Crippen LogP contribution in [0.1, 0.15) is 39.5 Å². The van der Waals surface area contributed by atoms with Crippen molar-refractivity contribution in [1.82, 2.24) is 0 Å². The Hall–Kier alpha value is -1.55. The summed E-state index contributed by atoms with van der Waals surface area (Å²) >= 11 is 0. The van der Waals surface area contributed by atoms with Gasteiger partial charge in [-0.05, 0) is 62.8 Å². The molecule has 2 rings (SSSR count). The average Bonchev–Trinajstić information content (AvgIpc) is 2.50. The highest BCUT2D eigenvalue weighted by atomic mass is 16.5. The van der Waals surface area contributed by atoms with Crippen molar-refractivity contribution in [3.05, 3.63) is 24.3 Å². The van der Waals surface area contributed by atoms with Crippen LogP contribution in [-0.4, -0.2) is 19.1 Å². The molecule has 0 bridgehead atoms. The van der Waals surface area contributed by atoms with Crippen molar-refractivity contribution in [1.29, 1.82) is 0 Å². The van der Waals surface area contributed by atoms with Gasteiger partial charge in [0.1, 0.15) is 5.75 Å². The Kier molecular flexibility index (Phi) is 5.23. The van der Waals surface area contributed by atoms with Gasteiger partial charge in [-0.25, -0.2) is 0 Å². The van der Waals surface area contributed by atoms with Crippen molar-refractivity contribution >= 4 is 11.6 Å². The zero-order valence-electron chi connectivity index (χ0n) is 13.0. The molecule has 0 aliphatic heterocycles. The molecule has 1 aromatic carbocycles. The van der Waals surface area contributed by atoms with E-state index in [1.807, 2.05) is 31.2 Å². The largest absolute Gasteiger partial charge is 0.494 e. The lowest BCUT2D eigenvalue weighted by Crippen LogP contribution is -2.44. The summed E-state index contributed by atoms with van der Waals surface area (Å²) in [5.41, 5.74) is 6.32. The van der Waals surface area contributed by atoms with Crippen LogP contribution in [-0.2, 0) is 4.79 Å². The predicted octanol–water partition coefficient (Wildman–Crippen LogP) is 3.18. The summed E-state index contributed by atoms with van der Waals surface area (Å²) in [5, 5.41) is 3.01. The number of amides is 1. The van der Waals surface area contributed by atoms with Crippen molar-refractivity contribution in [3.8, 4) is 5.75 Å². The lowest BCUT2D eigenvalue weighted by atomic mass is 9.70. The number of benzene rings is 1. The van der Waals surface area contributed by atoms with Gasteiger partial charge in [-0.15, -0.1) is 0 Å². The topological polar surface area (TPSA) is 64.3 Å². The van der Waals surface area contributed by atoms with Crippen LogP contribution in [0.3, 0.4) is 0 Å². The Morgan fingerprint density at radius 1 is 1.33 bits per heavy atom. The lowest BCUT2D eigenvalue weighted by molar-refractivity contribution is -0.127. The van der Waals surface area contributed by atoms with Gasteiger partial charge in [0.25, 0.3) is 0 Å². The quantitative estimate of drug-likeness (QED) is 0.875. The molecule has 1 amide bonds. The number of ether oxygens (including phenoxy) is 1. The number of hydrogen-bond acceptors (Lipinski definition) is 3. The van der Waals surface area contributed by atoms with Crippen molar-refractivity contribution in [2.75, 3.05) is 18.5 Å². The van der Waals surface area contributed by atoms with Gasteiger partial charge in [-0.2, -0.15) is 0 Å². The summed E-state index contributed by atoms with van der Waals surface area (Å²) in [6.45, 7) is 5.25. The number of anilines is 1. The summed E-state index contributed by atoms with van der Waals surface area (Å²) in [5.74, 6) is 1.57. The highest BCUT2D eigenvalue weighted by Gasteiger charge is 2.39. The van der Waals surface area contributed by atoms with E-state index in [0.717, 1.165) is 37.1 Å². The molecule has 1 aliphatic rings. The number of hydrogen-bond donors (Lipinski definition) is 2. The first kappa shape index (κ1) is 15.8. The zero-order chi connectivity index (χ0) is 15.3. The molecule has 0 atom stereocenters. The van der Waals surface area contributed by atoms with Crippen LogP contribution in [0.4, 0.5) is 5.69 Å². The van der Waals surface area contributed by atoms with E-state index in [4.69, 9.17) is 10.5 Å². The van der Waals surface area contributed by atoms with Gasteiger partial charge in [0.15, 0.2) is 0 Å². The predicted molar refractivity (Wildman–Crippen MR) is 85.4 cm³/mol. The highest BCUT2D eigenvalue weighted by molar-refractivity contribution is 5.95. The van der Waals surface area contributed by atoms with Gasteiger partial charge in [-0.1, -0.05) is 6.92 Å². The van der Waals surface area contributed by atoms with E-state index in [-0.39, 0.29) is 5.91 Å². The Bertz CT molecular complexity index is 462. The Morgan fingerprint density at radius 2 is 1.95 bits per heavy atom. The van der Waals surface area contributed by atoms with Crippen LogP contribution in [0.25, 0.3) is 0 Å². The molecule has 1 aliphatic carbocycles. The lowest BCUT2D eigenvalue weighted by Gasteiger charge is -2.37. The fourth-order valence-corrected chi connectivity index (χ4v) is 2.90. The molecule has 4 nitrogen and oxygen atoms in total.